The molecule has 2 heteroatoms. The van der Waals surface area contributed by atoms with Crippen LogP contribution in [-0.2, 0) is 17.6 Å². The van der Waals surface area contributed by atoms with Crippen LogP contribution < -0.4 is 0 Å². The van der Waals surface area contributed by atoms with Crippen molar-refractivity contribution in [2.45, 2.75) is 51.9 Å². The summed E-state index contributed by atoms with van der Waals surface area (Å²) in [4.78, 5) is 14.8. The number of carbonyl (C=O) groups is 1. The van der Waals surface area contributed by atoms with Crippen LogP contribution >= 0.6 is 0 Å². The van der Waals surface area contributed by atoms with Gasteiger partial charge in [-0.1, -0.05) is 25.5 Å². The van der Waals surface area contributed by atoms with E-state index in [4.69, 9.17) is 0 Å². The van der Waals surface area contributed by atoms with E-state index in [0.29, 0.717) is 12.3 Å². The summed E-state index contributed by atoms with van der Waals surface area (Å²) >= 11 is 0. The molecule has 1 heterocycles. The summed E-state index contributed by atoms with van der Waals surface area (Å²) in [7, 11) is 0. The maximum atomic E-state index is 11.3. The molecule has 0 radical (unpaired) electrons. The number of hydrogen-bond acceptors (Lipinski definition) is 1. The molecule has 17 heavy (non-hydrogen) atoms. The molecule has 0 unspecified atom stereocenters. The fourth-order valence-corrected chi connectivity index (χ4v) is 2.62. The van der Waals surface area contributed by atoms with Crippen molar-refractivity contribution >= 4 is 5.78 Å². The van der Waals surface area contributed by atoms with E-state index in [2.05, 4.69) is 30.1 Å². The maximum absolute atomic E-state index is 11.3. The summed E-state index contributed by atoms with van der Waals surface area (Å²) < 4.78 is 0. The predicted octanol–water partition coefficient (Wildman–Crippen LogP) is 3.53. The largest absolute Gasteiger partial charge is 0.362 e. The third-order valence-corrected chi connectivity index (χ3v) is 3.45. The Bertz CT molecular complexity index is 403. The quantitative estimate of drug-likeness (QED) is 0.772. The van der Waals surface area contributed by atoms with Gasteiger partial charge < -0.3 is 9.78 Å². The van der Waals surface area contributed by atoms with Crippen molar-refractivity contribution in [1.29, 1.82) is 0 Å². The van der Waals surface area contributed by atoms with E-state index in [1.807, 2.05) is 0 Å². The zero-order valence-electron chi connectivity index (χ0n) is 10.8. The van der Waals surface area contributed by atoms with Crippen LogP contribution in [0.4, 0.5) is 0 Å². The van der Waals surface area contributed by atoms with Gasteiger partial charge in [-0.25, -0.2) is 0 Å². The van der Waals surface area contributed by atoms with Gasteiger partial charge in [0.05, 0.1) is 0 Å². The molecule has 92 valence electrons. The van der Waals surface area contributed by atoms with Crippen LogP contribution in [0.25, 0.3) is 0 Å². The number of aromatic amines is 1. The van der Waals surface area contributed by atoms with Gasteiger partial charge in [-0.05, 0) is 31.4 Å². The van der Waals surface area contributed by atoms with Crippen molar-refractivity contribution < 1.29 is 4.79 Å². The number of ketones is 1. The molecule has 0 saturated heterocycles. The summed E-state index contributed by atoms with van der Waals surface area (Å²) in [5.41, 5.74) is 4.01. The molecule has 2 nitrogen and oxygen atoms in total. The van der Waals surface area contributed by atoms with Gasteiger partial charge in [-0.3, -0.25) is 0 Å². The molecule has 1 N–H and O–H groups in total. The second-order valence-electron chi connectivity index (χ2n) is 5.00. The van der Waals surface area contributed by atoms with Gasteiger partial charge in [0.15, 0.2) is 0 Å². The smallest absolute Gasteiger partial charge is 0.130 e. The lowest BCUT2D eigenvalue weighted by Gasteiger charge is -2.12. The number of nitrogens with one attached hydrogen (secondary N) is 1. The highest BCUT2D eigenvalue weighted by Gasteiger charge is 2.17. The van der Waals surface area contributed by atoms with Crippen LogP contribution in [-0.4, -0.2) is 10.8 Å². The highest BCUT2D eigenvalue weighted by molar-refractivity contribution is 5.76. The normalized spacial score (nSPS) is 15.6. The minimum absolute atomic E-state index is 0.286. The van der Waals surface area contributed by atoms with E-state index in [1.54, 1.807) is 6.92 Å². The average Bonchev–Trinajstić information content (AvgIpc) is 2.71. The van der Waals surface area contributed by atoms with Crippen LogP contribution in [0.3, 0.4) is 0 Å². The Morgan fingerprint density at radius 2 is 2.18 bits per heavy atom. The molecule has 1 aromatic rings. The third-order valence-electron chi connectivity index (χ3n) is 3.45. The summed E-state index contributed by atoms with van der Waals surface area (Å²) in [5, 5.41) is 0. The predicted molar refractivity (Wildman–Crippen MR) is 70.3 cm³/mol. The van der Waals surface area contributed by atoms with Crippen LogP contribution in [0.1, 0.15) is 56.0 Å². The van der Waals surface area contributed by atoms with Crippen molar-refractivity contribution in [3.8, 4) is 0 Å². The van der Waals surface area contributed by atoms with E-state index in [1.165, 1.54) is 17.0 Å². The number of fused-ring (bicyclic) bond motifs is 1. The van der Waals surface area contributed by atoms with Gasteiger partial charge in [0.1, 0.15) is 5.78 Å². The Morgan fingerprint density at radius 3 is 2.82 bits per heavy atom. The Labute approximate surface area is 103 Å². The average molecular weight is 231 g/mol. The summed E-state index contributed by atoms with van der Waals surface area (Å²) in [5.74, 6) is 0.664. The number of aromatic nitrogens is 1. The Balaban J connectivity index is 2.18. The third kappa shape index (κ3) is 2.87. The van der Waals surface area contributed by atoms with Crippen molar-refractivity contribution in [3.05, 3.63) is 35.2 Å². The first-order valence-electron chi connectivity index (χ1n) is 6.55. The highest BCUT2D eigenvalue weighted by atomic mass is 16.1. The molecular weight excluding hydrogens is 210 g/mol. The highest BCUT2D eigenvalue weighted by Crippen LogP contribution is 2.28. The molecule has 0 spiro atoms. The van der Waals surface area contributed by atoms with Gasteiger partial charge in [0.2, 0.25) is 0 Å². The standard InChI is InChI=1S/C15H21NO/c1-3-6-12(9-11(2)17)15-10-13-7-4-5-8-14(13)16-15/h4-5,10,12,16H,3,6-9H2,1-2H3/t12-/m1/s1. The number of carbonyl (C=O) groups excluding carboxylic acids is 1. The second kappa shape index (κ2) is 5.35. The minimum atomic E-state index is 0.286. The topological polar surface area (TPSA) is 32.9 Å². The van der Waals surface area contributed by atoms with E-state index in [9.17, 15) is 4.79 Å². The monoisotopic (exact) mass is 231 g/mol. The molecule has 1 aromatic heterocycles. The SMILES string of the molecule is CCC[C@H](CC(C)=O)c1cc2c([nH]1)CC=CC2. The molecule has 1 aliphatic rings. The van der Waals surface area contributed by atoms with Crippen LogP contribution in [0.2, 0.25) is 0 Å². The molecule has 0 bridgehead atoms. The summed E-state index contributed by atoms with van der Waals surface area (Å²) in [6.45, 7) is 3.87. The molecule has 1 atom stereocenters. The Morgan fingerprint density at radius 1 is 1.41 bits per heavy atom. The summed E-state index contributed by atoms with van der Waals surface area (Å²) in [6, 6.07) is 2.27. The lowest BCUT2D eigenvalue weighted by atomic mass is 9.94. The Kier molecular flexibility index (Phi) is 3.82. The van der Waals surface area contributed by atoms with Crippen LogP contribution in [0.5, 0.6) is 0 Å². The zero-order chi connectivity index (χ0) is 12.3. The van der Waals surface area contributed by atoms with Crippen molar-refractivity contribution in [1.82, 2.24) is 4.98 Å². The van der Waals surface area contributed by atoms with Gasteiger partial charge in [-0.15, -0.1) is 0 Å². The van der Waals surface area contributed by atoms with Crippen molar-refractivity contribution in [2.24, 2.45) is 0 Å². The number of allylic oxidation sites excluding steroid dienone is 2. The second-order valence-corrected chi connectivity index (χ2v) is 5.00. The number of hydrogen-bond donors (Lipinski definition) is 1. The van der Waals surface area contributed by atoms with Crippen LogP contribution in [0.15, 0.2) is 18.2 Å². The molecule has 1 aliphatic carbocycles. The maximum Gasteiger partial charge on any atom is 0.130 e. The molecule has 2 rings (SSSR count). The molecule has 0 aromatic carbocycles. The number of Topliss-reactive ketones (excluding diaryl/α,β-unsaturated/α-hetero) is 1. The van der Waals surface area contributed by atoms with Gasteiger partial charge >= 0.3 is 0 Å². The lowest BCUT2D eigenvalue weighted by molar-refractivity contribution is -0.117. The molecule has 0 saturated carbocycles. The minimum Gasteiger partial charge on any atom is -0.362 e. The van der Waals surface area contributed by atoms with E-state index in [0.717, 1.165) is 25.7 Å². The van der Waals surface area contributed by atoms with Crippen LogP contribution in [0, 0.1) is 0 Å². The summed E-state index contributed by atoms with van der Waals surface area (Å²) in [6.07, 6.45) is 9.36. The van der Waals surface area contributed by atoms with Gasteiger partial charge in [0, 0.05) is 30.1 Å². The Hall–Kier alpha value is -1.31. The molecule has 0 fully saturated rings. The van der Waals surface area contributed by atoms with E-state index in [-0.39, 0.29) is 5.78 Å². The molecular formula is C15H21NO. The zero-order valence-corrected chi connectivity index (χ0v) is 10.8. The van der Waals surface area contributed by atoms with Crippen molar-refractivity contribution in [2.75, 3.05) is 0 Å². The number of rotatable bonds is 5. The molecule has 0 amide bonds. The molecule has 0 aliphatic heterocycles. The van der Waals surface area contributed by atoms with E-state index >= 15 is 0 Å². The number of H-pyrrole nitrogens is 1. The van der Waals surface area contributed by atoms with E-state index < -0.39 is 0 Å². The first-order valence-corrected chi connectivity index (χ1v) is 6.55. The fraction of sp³-hybridized carbons (Fsp3) is 0.533. The van der Waals surface area contributed by atoms with Crippen molar-refractivity contribution in [3.63, 3.8) is 0 Å². The first-order chi connectivity index (χ1) is 8.20. The fourth-order valence-electron chi connectivity index (χ4n) is 2.62. The first kappa shape index (κ1) is 12.2. The lowest BCUT2D eigenvalue weighted by Crippen LogP contribution is -2.04. The van der Waals surface area contributed by atoms with Gasteiger partial charge in [0.25, 0.3) is 0 Å². The van der Waals surface area contributed by atoms with Gasteiger partial charge in [-0.2, -0.15) is 0 Å².